The monoisotopic (exact) mass is 473 g/mol. The van der Waals surface area contributed by atoms with Crippen molar-refractivity contribution in [1.29, 1.82) is 0 Å². The highest BCUT2D eigenvalue weighted by Crippen LogP contribution is 2.14. The van der Waals surface area contributed by atoms with Gasteiger partial charge in [0.15, 0.2) is 5.96 Å². The second kappa shape index (κ2) is 12.0. The molecular formula is C19H32IN5O. The first-order valence-corrected chi connectivity index (χ1v) is 9.32. The third kappa shape index (κ3) is 7.39. The van der Waals surface area contributed by atoms with Crippen molar-refractivity contribution in [1.82, 2.24) is 15.5 Å². The quantitative estimate of drug-likeness (QED) is 0.335. The van der Waals surface area contributed by atoms with Gasteiger partial charge in [0.2, 0.25) is 0 Å². The molecule has 0 aliphatic carbocycles. The van der Waals surface area contributed by atoms with Crippen LogP contribution in [0.3, 0.4) is 0 Å². The fourth-order valence-corrected chi connectivity index (χ4v) is 2.70. The van der Waals surface area contributed by atoms with Gasteiger partial charge >= 0.3 is 6.03 Å². The van der Waals surface area contributed by atoms with Crippen molar-refractivity contribution in [2.24, 2.45) is 4.99 Å². The molecule has 7 heteroatoms. The van der Waals surface area contributed by atoms with Gasteiger partial charge in [0.1, 0.15) is 0 Å². The van der Waals surface area contributed by atoms with Crippen LogP contribution in [0.15, 0.2) is 29.3 Å². The Balaban J connectivity index is 0.00000338. The van der Waals surface area contributed by atoms with Crippen LogP contribution in [-0.2, 0) is 6.54 Å². The predicted octanol–water partition coefficient (Wildman–Crippen LogP) is 3.79. The Hall–Kier alpha value is -1.51. The maximum Gasteiger partial charge on any atom is 0.321 e. The molecule has 0 radical (unpaired) electrons. The van der Waals surface area contributed by atoms with E-state index in [1.54, 1.807) is 0 Å². The van der Waals surface area contributed by atoms with Gasteiger partial charge in [-0.1, -0.05) is 19.1 Å². The second-order valence-corrected chi connectivity index (χ2v) is 6.47. The zero-order chi connectivity index (χ0) is 18.1. The van der Waals surface area contributed by atoms with Crippen LogP contribution < -0.4 is 16.0 Å². The molecule has 1 saturated heterocycles. The van der Waals surface area contributed by atoms with Crippen molar-refractivity contribution in [3.8, 4) is 0 Å². The third-order valence-corrected chi connectivity index (χ3v) is 4.33. The minimum absolute atomic E-state index is 0. The van der Waals surface area contributed by atoms with Crippen LogP contribution in [-0.4, -0.2) is 42.6 Å². The van der Waals surface area contributed by atoms with Crippen molar-refractivity contribution >= 4 is 41.7 Å². The Kier molecular flexibility index (Phi) is 10.4. The van der Waals surface area contributed by atoms with Crippen molar-refractivity contribution in [2.45, 2.75) is 52.6 Å². The molecule has 2 amide bonds. The maximum absolute atomic E-state index is 12.2. The molecule has 0 spiro atoms. The van der Waals surface area contributed by atoms with Gasteiger partial charge in [-0.3, -0.25) is 0 Å². The zero-order valence-electron chi connectivity index (χ0n) is 16.0. The number of nitrogens with one attached hydrogen (secondary N) is 3. The first kappa shape index (κ1) is 22.5. The highest BCUT2D eigenvalue weighted by molar-refractivity contribution is 14.0. The van der Waals surface area contributed by atoms with E-state index in [2.05, 4.69) is 41.7 Å². The molecule has 1 unspecified atom stereocenters. The summed E-state index contributed by atoms with van der Waals surface area (Å²) in [6, 6.07) is 8.27. The van der Waals surface area contributed by atoms with Crippen LogP contribution in [0.25, 0.3) is 0 Å². The molecule has 1 fully saturated rings. The molecule has 0 saturated carbocycles. The fraction of sp³-hybridized carbons (Fsp3) is 0.579. The Morgan fingerprint density at radius 3 is 2.65 bits per heavy atom. The van der Waals surface area contributed by atoms with Gasteiger partial charge in [0.25, 0.3) is 0 Å². The molecule has 2 rings (SSSR count). The number of nitrogens with zero attached hydrogens (tertiary/aromatic N) is 2. The van der Waals surface area contributed by atoms with Crippen LogP contribution in [0.4, 0.5) is 10.5 Å². The molecular weight excluding hydrogens is 441 g/mol. The van der Waals surface area contributed by atoms with Gasteiger partial charge in [-0.05, 0) is 50.8 Å². The molecule has 0 bridgehead atoms. The van der Waals surface area contributed by atoms with E-state index in [-0.39, 0.29) is 30.0 Å². The number of hydrogen-bond donors (Lipinski definition) is 3. The molecule has 1 aliphatic heterocycles. The molecule has 1 aromatic rings. The van der Waals surface area contributed by atoms with E-state index in [1.165, 1.54) is 0 Å². The summed E-state index contributed by atoms with van der Waals surface area (Å²) < 4.78 is 0. The highest BCUT2D eigenvalue weighted by atomic mass is 127. The molecule has 26 heavy (non-hydrogen) atoms. The Labute approximate surface area is 174 Å². The van der Waals surface area contributed by atoms with E-state index < -0.39 is 0 Å². The molecule has 1 aromatic carbocycles. The van der Waals surface area contributed by atoms with Crippen LogP contribution >= 0.6 is 24.0 Å². The Morgan fingerprint density at radius 1 is 1.27 bits per heavy atom. The summed E-state index contributed by atoms with van der Waals surface area (Å²) in [5, 5.41) is 9.63. The first-order valence-electron chi connectivity index (χ1n) is 9.32. The van der Waals surface area contributed by atoms with E-state index in [1.807, 2.05) is 29.2 Å². The molecule has 1 atom stereocenters. The van der Waals surface area contributed by atoms with Crippen LogP contribution in [0.5, 0.6) is 0 Å². The van der Waals surface area contributed by atoms with Crippen molar-refractivity contribution in [2.75, 3.05) is 25.0 Å². The Morgan fingerprint density at radius 2 is 2.00 bits per heavy atom. The predicted molar refractivity (Wildman–Crippen MR) is 119 cm³/mol. The number of carbonyl (C=O) groups excluding carboxylic acids is 1. The lowest BCUT2D eigenvalue weighted by atomic mass is 10.2. The number of anilines is 1. The van der Waals surface area contributed by atoms with Gasteiger partial charge in [0.05, 0.1) is 6.54 Å². The lowest BCUT2D eigenvalue weighted by Gasteiger charge is -2.17. The molecule has 1 heterocycles. The second-order valence-electron chi connectivity index (χ2n) is 6.47. The number of guanidine groups is 1. The maximum atomic E-state index is 12.2. The first-order chi connectivity index (χ1) is 12.1. The smallest absolute Gasteiger partial charge is 0.321 e. The fourth-order valence-electron chi connectivity index (χ4n) is 2.70. The number of carbonyl (C=O) groups is 1. The van der Waals surface area contributed by atoms with E-state index in [9.17, 15) is 4.79 Å². The summed E-state index contributed by atoms with van der Waals surface area (Å²) in [6.07, 6.45) is 3.24. The number of rotatable bonds is 6. The van der Waals surface area contributed by atoms with Crippen LogP contribution in [0.2, 0.25) is 0 Å². The van der Waals surface area contributed by atoms with Crippen LogP contribution in [0, 0.1) is 0 Å². The topological polar surface area (TPSA) is 68.8 Å². The standard InChI is InChI=1S/C19H31N5O.HI/c1-4-15(3)22-18(20-5-2)21-14-16-9-8-10-17(13-16)23-19(25)24-11-6-7-12-24;/h8-10,13,15H,4-7,11-12,14H2,1-3H3,(H,23,25)(H2,20,21,22);1H. The molecule has 3 N–H and O–H groups in total. The number of hydrogen-bond acceptors (Lipinski definition) is 2. The Bertz CT molecular complexity index is 587. The minimum Gasteiger partial charge on any atom is -0.357 e. The van der Waals surface area contributed by atoms with E-state index in [4.69, 9.17) is 0 Å². The van der Waals surface area contributed by atoms with Gasteiger partial charge in [-0.2, -0.15) is 0 Å². The summed E-state index contributed by atoms with van der Waals surface area (Å²) in [5.41, 5.74) is 1.89. The number of benzene rings is 1. The lowest BCUT2D eigenvalue weighted by Crippen LogP contribution is -2.41. The molecule has 146 valence electrons. The molecule has 1 aliphatic rings. The lowest BCUT2D eigenvalue weighted by molar-refractivity contribution is 0.222. The van der Waals surface area contributed by atoms with E-state index >= 15 is 0 Å². The minimum atomic E-state index is -0.00933. The van der Waals surface area contributed by atoms with E-state index in [0.29, 0.717) is 12.6 Å². The number of likely N-dealkylation sites (tertiary alicyclic amines) is 1. The summed E-state index contributed by atoms with van der Waals surface area (Å²) in [6.45, 7) is 9.44. The zero-order valence-corrected chi connectivity index (χ0v) is 18.4. The van der Waals surface area contributed by atoms with Gasteiger partial charge in [-0.15, -0.1) is 24.0 Å². The summed E-state index contributed by atoms with van der Waals surface area (Å²) in [4.78, 5) is 18.7. The average molecular weight is 473 g/mol. The number of urea groups is 1. The number of aliphatic imine (C=N–C) groups is 1. The number of halogens is 1. The van der Waals surface area contributed by atoms with Gasteiger partial charge < -0.3 is 20.9 Å². The average Bonchev–Trinajstić information content (AvgIpc) is 3.15. The molecule has 0 aromatic heterocycles. The summed E-state index contributed by atoms with van der Waals surface area (Å²) in [7, 11) is 0. The summed E-state index contributed by atoms with van der Waals surface area (Å²) >= 11 is 0. The van der Waals surface area contributed by atoms with Crippen molar-refractivity contribution in [3.63, 3.8) is 0 Å². The largest absolute Gasteiger partial charge is 0.357 e. The SMILES string of the molecule is CCNC(=NCc1cccc(NC(=O)N2CCCC2)c1)NC(C)CC.I. The van der Waals surface area contributed by atoms with Crippen LogP contribution in [0.1, 0.15) is 45.6 Å². The van der Waals surface area contributed by atoms with Crippen molar-refractivity contribution in [3.05, 3.63) is 29.8 Å². The van der Waals surface area contributed by atoms with Crippen molar-refractivity contribution < 1.29 is 4.79 Å². The third-order valence-electron chi connectivity index (χ3n) is 4.33. The van der Waals surface area contributed by atoms with E-state index in [0.717, 1.165) is 56.1 Å². The normalized spacial score (nSPS) is 15.2. The van der Waals surface area contributed by atoms with Gasteiger partial charge in [-0.25, -0.2) is 9.79 Å². The van der Waals surface area contributed by atoms with Gasteiger partial charge in [0, 0.05) is 31.4 Å². The highest BCUT2D eigenvalue weighted by Gasteiger charge is 2.17. The molecule has 6 nitrogen and oxygen atoms in total. The number of amides is 2. The summed E-state index contributed by atoms with van der Waals surface area (Å²) in [5.74, 6) is 0.823.